The molecular formula is C10H12Cl2N2O2S. The van der Waals surface area contributed by atoms with Gasteiger partial charge in [0.1, 0.15) is 10.0 Å². The Hall–Kier alpha value is -0.360. The van der Waals surface area contributed by atoms with E-state index in [1.165, 1.54) is 18.7 Å². The summed E-state index contributed by atoms with van der Waals surface area (Å²) in [5, 5.41) is 0.239. The van der Waals surface area contributed by atoms with Crippen LogP contribution in [-0.2, 0) is 10.0 Å². The molecule has 0 spiro atoms. The molecule has 0 bridgehead atoms. The summed E-state index contributed by atoms with van der Waals surface area (Å²) in [6.07, 6.45) is 4.56. The summed E-state index contributed by atoms with van der Waals surface area (Å²) in [7, 11) is -3.53. The molecular weight excluding hydrogens is 283 g/mol. The maximum atomic E-state index is 11.9. The number of halogens is 2. The average Bonchev–Trinajstić information content (AvgIpc) is 2.19. The van der Waals surface area contributed by atoms with Crippen molar-refractivity contribution in [1.29, 1.82) is 0 Å². The first-order valence-electron chi connectivity index (χ1n) is 5.30. The van der Waals surface area contributed by atoms with Gasteiger partial charge in [-0.05, 0) is 24.8 Å². The first-order chi connectivity index (χ1) is 7.99. The molecule has 17 heavy (non-hydrogen) atoms. The van der Waals surface area contributed by atoms with E-state index in [1.807, 2.05) is 0 Å². The second kappa shape index (κ2) is 5.10. The molecule has 0 radical (unpaired) electrons. The van der Waals surface area contributed by atoms with E-state index >= 15 is 0 Å². The lowest BCUT2D eigenvalue weighted by Gasteiger charge is -2.25. The van der Waals surface area contributed by atoms with Gasteiger partial charge in [-0.15, -0.1) is 0 Å². The molecule has 0 saturated heterocycles. The fourth-order valence-electron chi connectivity index (χ4n) is 1.56. The van der Waals surface area contributed by atoms with Crippen molar-refractivity contribution in [3.05, 3.63) is 22.4 Å². The minimum absolute atomic E-state index is 0.0474. The fourth-order valence-corrected chi connectivity index (χ4v) is 2.98. The number of pyridine rings is 1. The molecule has 0 atom stereocenters. The number of hydrogen-bond acceptors (Lipinski definition) is 3. The van der Waals surface area contributed by atoms with Crippen LogP contribution in [0.5, 0.6) is 0 Å². The molecule has 1 aromatic rings. The molecule has 4 nitrogen and oxygen atoms in total. The number of hydrogen-bond donors (Lipinski definition) is 1. The van der Waals surface area contributed by atoms with Gasteiger partial charge in [0, 0.05) is 12.7 Å². The maximum Gasteiger partial charge on any atom is 0.242 e. The zero-order chi connectivity index (χ0) is 12.5. The topological polar surface area (TPSA) is 59.1 Å². The molecule has 1 aliphatic carbocycles. The molecule has 7 heteroatoms. The van der Waals surface area contributed by atoms with Gasteiger partial charge >= 0.3 is 0 Å². The summed E-state index contributed by atoms with van der Waals surface area (Å²) in [5.41, 5.74) is 0. The molecule has 0 aromatic carbocycles. The molecule has 1 saturated carbocycles. The smallest absolute Gasteiger partial charge is 0.242 e. The van der Waals surface area contributed by atoms with E-state index in [2.05, 4.69) is 9.71 Å². The lowest BCUT2D eigenvalue weighted by Crippen LogP contribution is -2.32. The van der Waals surface area contributed by atoms with Crippen LogP contribution in [0.25, 0.3) is 0 Å². The lowest BCUT2D eigenvalue weighted by atomic mass is 9.86. The van der Waals surface area contributed by atoms with Crippen LogP contribution < -0.4 is 4.72 Å². The van der Waals surface area contributed by atoms with Crippen LogP contribution in [0.3, 0.4) is 0 Å². The summed E-state index contributed by atoms with van der Waals surface area (Å²) < 4.78 is 26.3. The highest BCUT2D eigenvalue weighted by atomic mass is 35.5. The van der Waals surface area contributed by atoms with Crippen molar-refractivity contribution in [1.82, 2.24) is 9.71 Å². The first-order valence-corrected chi connectivity index (χ1v) is 7.53. The van der Waals surface area contributed by atoms with Crippen molar-refractivity contribution in [2.24, 2.45) is 5.92 Å². The monoisotopic (exact) mass is 294 g/mol. The second-order valence-electron chi connectivity index (χ2n) is 4.09. The molecule has 1 fully saturated rings. The molecule has 0 aliphatic heterocycles. The molecule has 2 rings (SSSR count). The highest BCUT2D eigenvalue weighted by Crippen LogP contribution is 2.26. The Morgan fingerprint density at radius 1 is 1.41 bits per heavy atom. The standard InChI is InChI=1S/C10H12Cl2N2O2S/c11-9-4-8(6-13-10(9)12)17(15,16)14-5-7-2-1-3-7/h4,6-7,14H,1-3,5H2. The van der Waals surface area contributed by atoms with Crippen LogP contribution in [0.4, 0.5) is 0 Å². The SMILES string of the molecule is O=S(=O)(NCC1CCC1)c1cnc(Cl)c(Cl)c1. The molecule has 94 valence electrons. The average molecular weight is 295 g/mol. The predicted molar refractivity (Wildman–Crippen MR) is 66.8 cm³/mol. The minimum atomic E-state index is -3.53. The molecule has 0 amide bonds. The number of sulfonamides is 1. The van der Waals surface area contributed by atoms with Crippen LogP contribution in [0.2, 0.25) is 10.2 Å². The van der Waals surface area contributed by atoms with E-state index in [1.54, 1.807) is 0 Å². The summed E-state index contributed by atoms with van der Waals surface area (Å²) in [6, 6.07) is 1.31. The lowest BCUT2D eigenvalue weighted by molar-refractivity contribution is 0.316. The van der Waals surface area contributed by atoms with E-state index < -0.39 is 10.0 Å². The second-order valence-corrected chi connectivity index (χ2v) is 6.62. The number of aromatic nitrogens is 1. The van der Waals surface area contributed by atoms with Gasteiger partial charge in [-0.2, -0.15) is 0 Å². The number of nitrogens with one attached hydrogen (secondary N) is 1. The van der Waals surface area contributed by atoms with Gasteiger partial charge in [0.15, 0.2) is 0 Å². The van der Waals surface area contributed by atoms with E-state index in [0.717, 1.165) is 12.8 Å². The van der Waals surface area contributed by atoms with Gasteiger partial charge in [-0.25, -0.2) is 18.1 Å². The van der Waals surface area contributed by atoms with Crippen LogP contribution in [0, 0.1) is 5.92 Å². The first kappa shape index (κ1) is 13.1. The third-order valence-corrected chi connectivity index (χ3v) is 4.94. The zero-order valence-electron chi connectivity index (χ0n) is 8.99. The molecule has 0 unspecified atom stereocenters. The van der Waals surface area contributed by atoms with Crippen molar-refractivity contribution < 1.29 is 8.42 Å². The largest absolute Gasteiger partial charge is 0.242 e. The van der Waals surface area contributed by atoms with Gasteiger partial charge in [-0.1, -0.05) is 29.6 Å². The Morgan fingerprint density at radius 2 is 2.12 bits per heavy atom. The van der Waals surface area contributed by atoms with Gasteiger partial charge in [-0.3, -0.25) is 0 Å². The van der Waals surface area contributed by atoms with Crippen molar-refractivity contribution in [2.75, 3.05) is 6.54 Å². The Labute approximate surface area is 110 Å². The Bertz CT molecular complexity index is 515. The van der Waals surface area contributed by atoms with Crippen LogP contribution >= 0.6 is 23.2 Å². The van der Waals surface area contributed by atoms with Crippen molar-refractivity contribution in [3.8, 4) is 0 Å². The summed E-state index contributed by atoms with van der Waals surface area (Å²) in [5.74, 6) is 0.459. The Balaban J connectivity index is 2.10. The number of nitrogens with zero attached hydrogens (tertiary/aromatic N) is 1. The highest BCUT2D eigenvalue weighted by molar-refractivity contribution is 7.89. The third-order valence-electron chi connectivity index (χ3n) is 2.87. The van der Waals surface area contributed by atoms with Crippen LogP contribution in [-0.4, -0.2) is 19.9 Å². The summed E-state index contributed by atoms with van der Waals surface area (Å²) >= 11 is 11.4. The molecule has 1 N–H and O–H groups in total. The summed E-state index contributed by atoms with van der Waals surface area (Å²) in [6.45, 7) is 0.475. The van der Waals surface area contributed by atoms with Crippen LogP contribution in [0.1, 0.15) is 19.3 Å². The summed E-state index contributed by atoms with van der Waals surface area (Å²) in [4.78, 5) is 3.77. The van der Waals surface area contributed by atoms with Gasteiger partial charge in [0.05, 0.1) is 5.02 Å². The van der Waals surface area contributed by atoms with E-state index in [0.29, 0.717) is 12.5 Å². The Morgan fingerprint density at radius 3 is 2.65 bits per heavy atom. The highest BCUT2D eigenvalue weighted by Gasteiger charge is 2.22. The van der Waals surface area contributed by atoms with Gasteiger partial charge in [0.2, 0.25) is 10.0 Å². The van der Waals surface area contributed by atoms with E-state index in [9.17, 15) is 8.42 Å². The third kappa shape index (κ3) is 3.10. The number of rotatable bonds is 4. The zero-order valence-corrected chi connectivity index (χ0v) is 11.3. The molecule has 1 aromatic heterocycles. The van der Waals surface area contributed by atoms with Crippen LogP contribution in [0.15, 0.2) is 17.2 Å². The molecule has 1 aliphatic rings. The van der Waals surface area contributed by atoms with Crippen molar-refractivity contribution in [3.63, 3.8) is 0 Å². The van der Waals surface area contributed by atoms with Gasteiger partial charge in [0.25, 0.3) is 0 Å². The Kier molecular flexibility index (Phi) is 3.92. The quantitative estimate of drug-likeness (QED) is 0.868. The molecule has 1 heterocycles. The minimum Gasteiger partial charge on any atom is -0.242 e. The maximum absolute atomic E-state index is 11.9. The normalized spacial score (nSPS) is 16.8. The van der Waals surface area contributed by atoms with E-state index in [4.69, 9.17) is 23.2 Å². The van der Waals surface area contributed by atoms with Gasteiger partial charge < -0.3 is 0 Å². The van der Waals surface area contributed by atoms with Crippen molar-refractivity contribution in [2.45, 2.75) is 24.2 Å². The fraction of sp³-hybridized carbons (Fsp3) is 0.500. The predicted octanol–water partition coefficient (Wildman–Crippen LogP) is 2.47. The van der Waals surface area contributed by atoms with E-state index in [-0.39, 0.29) is 15.1 Å². The van der Waals surface area contributed by atoms with Crippen molar-refractivity contribution >= 4 is 33.2 Å².